The largest absolute Gasteiger partial charge is 0.508 e. The fourth-order valence-corrected chi connectivity index (χ4v) is 9.76. The fraction of sp³-hybridized carbons (Fsp3) is 0.459. The molecule has 4 aliphatic rings. The van der Waals surface area contributed by atoms with E-state index in [9.17, 15) is 22.3 Å². The van der Waals surface area contributed by atoms with Crippen LogP contribution in [0, 0.1) is 40.7 Å². The quantitative estimate of drug-likeness (QED) is 0.237. The first-order chi connectivity index (χ1) is 25.0. The number of phenolic OH excluding ortho intramolecular Hbond substituents is 1. The minimum absolute atomic E-state index is 0.0738. The molecule has 11 nitrogen and oxygen atoms in total. The van der Waals surface area contributed by atoms with Crippen molar-refractivity contribution in [3.63, 3.8) is 0 Å². The number of piperidine rings is 1. The van der Waals surface area contributed by atoms with Gasteiger partial charge in [0, 0.05) is 67.4 Å². The van der Waals surface area contributed by atoms with Gasteiger partial charge >= 0.3 is 6.01 Å². The number of likely N-dealkylation sites (tertiary alicyclic amines) is 1. The Labute approximate surface area is 299 Å². The Kier molecular flexibility index (Phi) is 8.64. The molecule has 1 saturated carbocycles. The van der Waals surface area contributed by atoms with Crippen LogP contribution in [0.5, 0.6) is 11.8 Å². The van der Waals surface area contributed by atoms with E-state index in [1.165, 1.54) is 34.8 Å². The summed E-state index contributed by atoms with van der Waals surface area (Å²) in [7, 11) is -3.80. The van der Waals surface area contributed by atoms with Crippen LogP contribution in [0.1, 0.15) is 44.1 Å². The van der Waals surface area contributed by atoms with E-state index in [1.807, 2.05) is 4.90 Å². The maximum atomic E-state index is 17.0. The minimum atomic E-state index is -3.80. The number of aromatic hydroxyl groups is 1. The van der Waals surface area contributed by atoms with Crippen LogP contribution in [0.25, 0.3) is 32.9 Å². The average molecular weight is 732 g/mol. The standard InChI is InChI=1S/C37H36F3N7O4S/c1-2-27-30(39)6-3-22-15-26(48)16-28(31(22)27)33-32(40)34-29(17-42-33)35(46-18-24-4-5-25(19-46)47(24)52(49,50)14-11-41)44-36(43-34)51-21-37(9-10-37)20-45-12-7-23(38)8-13-45/h1,3,6,15-17,23-25,48H,4-5,7-10,12-14,18-21H2. The van der Waals surface area contributed by atoms with Crippen molar-refractivity contribution in [3.05, 3.63) is 47.7 Å². The lowest BCUT2D eigenvalue weighted by Gasteiger charge is -2.40. The molecule has 2 aromatic carbocycles. The van der Waals surface area contributed by atoms with Crippen molar-refractivity contribution in [2.75, 3.05) is 50.0 Å². The molecule has 2 bridgehead atoms. The van der Waals surface area contributed by atoms with Gasteiger partial charge in [-0.1, -0.05) is 12.0 Å². The lowest BCUT2D eigenvalue weighted by atomic mass is 9.96. The summed E-state index contributed by atoms with van der Waals surface area (Å²) < 4.78 is 79.4. The number of sulfonamides is 1. The van der Waals surface area contributed by atoms with Crippen LogP contribution in [-0.2, 0) is 10.0 Å². The molecule has 3 aliphatic heterocycles. The predicted octanol–water partition coefficient (Wildman–Crippen LogP) is 4.91. The molecule has 2 atom stereocenters. The summed E-state index contributed by atoms with van der Waals surface area (Å²) in [5, 5.41) is 20.6. The molecule has 8 rings (SSSR count). The molecule has 4 aromatic rings. The van der Waals surface area contributed by atoms with Crippen LogP contribution < -0.4 is 9.64 Å². The Morgan fingerprint density at radius 2 is 1.81 bits per heavy atom. The van der Waals surface area contributed by atoms with Gasteiger partial charge < -0.3 is 19.6 Å². The van der Waals surface area contributed by atoms with E-state index >= 15 is 4.39 Å². The number of rotatable bonds is 9. The van der Waals surface area contributed by atoms with Gasteiger partial charge in [-0.3, -0.25) is 4.98 Å². The molecule has 270 valence electrons. The number of anilines is 1. The number of phenols is 1. The first kappa shape index (κ1) is 34.4. The summed E-state index contributed by atoms with van der Waals surface area (Å²) in [5.41, 5.74) is -0.533. The molecule has 0 radical (unpaired) electrons. The summed E-state index contributed by atoms with van der Waals surface area (Å²) in [5.74, 6) is 0.302. The maximum absolute atomic E-state index is 17.0. The molecule has 0 spiro atoms. The monoisotopic (exact) mass is 731 g/mol. The predicted molar refractivity (Wildman–Crippen MR) is 188 cm³/mol. The average Bonchev–Trinajstić information content (AvgIpc) is 3.83. The Morgan fingerprint density at radius 3 is 2.48 bits per heavy atom. The number of benzene rings is 2. The molecule has 15 heteroatoms. The highest BCUT2D eigenvalue weighted by Crippen LogP contribution is 2.47. The van der Waals surface area contributed by atoms with Crippen molar-refractivity contribution in [2.45, 2.75) is 56.8 Å². The molecule has 1 N–H and O–H groups in total. The fourth-order valence-electron chi connectivity index (χ4n) is 8.19. The number of nitrogens with zero attached hydrogens (tertiary/aromatic N) is 7. The summed E-state index contributed by atoms with van der Waals surface area (Å²) in [4.78, 5) is 17.9. The van der Waals surface area contributed by atoms with Crippen LogP contribution in [0.4, 0.5) is 19.0 Å². The molecule has 1 aliphatic carbocycles. The molecular formula is C37H36F3N7O4S. The van der Waals surface area contributed by atoms with Crippen LogP contribution >= 0.6 is 0 Å². The van der Waals surface area contributed by atoms with Gasteiger partial charge in [-0.05, 0) is 62.1 Å². The van der Waals surface area contributed by atoms with Crippen molar-refractivity contribution in [2.24, 2.45) is 5.41 Å². The third kappa shape index (κ3) is 6.14. The second kappa shape index (κ2) is 13.1. The van der Waals surface area contributed by atoms with Gasteiger partial charge in [0.25, 0.3) is 0 Å². The maximum Gasteiger partial charge on any atom is 0.319 e. The highest BCUT2D eigenvalue weighted by atomic mass is 32.2. The zero-order valence-electron chi connectivity index (χ0n) is 28.2. The molecule has 4 fully saturated rings. The van der Waals surface area contributed by atoms with Crippen molar-refractivity contribution in [1.82, 2.24) is 24.2 Å². The Morgan fingerprint density at radius 1 is 1.08 bits per heavy atom. The second-order valence-corrected chi connectivity index (χ2v) is 16.3. The van der Waals surface area contributed by atoms with Gasteiger partial charge in [0.15, 0.2) is 11.6 Å². The summed E-state index contributed by atoms with van der Waals surface area (Å²) in [6, 6.07) is 6.17. The minimum Gasteiger partial charge on any atom is -0.508 e. The topological polar surface area (TPSA) is 136 Å². The number of ether oxygens (including phenoxy) is 1. The number of terminal acetylenes is 1. The molecule has 0 amide bonds. The van der Waals surface area contributed by atoms with Crippen LogP contribution in [0.15, 0.2) is 30.5 Å². The number of aromatic nitrogens is 3. The van der Waals surface area contributed by atoms with Crippen LogP contribution in [0.2, 0.25) is 0 Å². The molecule has 2 unspecified atom stereocenters. The van der Waals surface area contributed by atoms with Gasteiger partial charge in [-0.15, -0.1) is 6.42 Å². The number of nitriles is 1. The Hall–Kier alpha value is -4.70. The van der Waals surface area contributed by atoms with Crippen molar-refractivity contribution in [3.8, 4) is 41.4 Å². The lowest BCUT2D eigenvalue weighted by Crippen LogP contribution is -2.56. The SMILES string of the molecule is C#Cc1c(F)ccc2cc(O)cc(-c3ncc4c(N5CC6CCC(C5)N6S(=O)(=O)CC#N)nc(OCC5(CN6CCC(F)CC6)CC5)nc4c3F)c12. The third-order valence-electron chi connectivity index (χ3n) is 10.9. The lowest BCUT2D eigenvalue weighted by molar-refractivity contribution is 0.107. The van der Waals surface area contributed by atoms with Gasteiger partial charge in [0.05, 0.1) is 23.6 Å². The summed E-state index contributed by atoms with van der Waals surface area (Å²) in [6.07, 6.45) is 10.3. The van der Waals surface area contributed by atoms with Crippen LogP contribution in [0.3, 0.4) is 0 Å². The van der Waals surface area contributed by atoms with Gasteiger partial charge in [-0.25, -0.2) is 21.6 Å². The van der Waals surface area contributed by atoms with Gasteiger partial charge in [-0.2, -0.15) is 19.5 Å². The number of pyridine rings is 1. The van der Waals surface area contributed by atoms with Crippen molar-refractivity contribution < 1.29 is 31.4 Å². The highest BCUT2D eigenvalue weighted by Gasteiger charge is 2.48. The van der Waals surface area contributed by atoms with E-state index in [4.69, 9.17) is 21.4 Å². The highest BCUT2D eigenvalue weighted by molar-refractivity contribution is 7.89. The van der Waals surface area contributed by atoms with Crippen LogP contribution in [-0.4, -0.2) is 101 Å². The van der Waals surface area contributed by atoms with E-state index in [1.54, 1.807) is 6.07 Å². The Bertz CT molecular complexity index is 2270. The third-order valence-corrected chi connectivity index (χ3v) is 12.7. The molecule has 5 heterocycles. The van der Waals surface area contributed by atoms with E-state index in [-0.39, 0.29) is 70.0 Å². The number of hydrogen-bond acceptors (Lipinski definition) is 10. The number of piperazine rings is 1. The number of halogens is 3. The zero-order valence-corrected chi connectivity index (χ0v) is 29.0. The number of alkyl halides is 1. The molecular weight excluding hydrogens is 696 g/mol. The zero-order chi connectivity index (χ0) is 36.4. The van der Waals surface area contributed by atoms with E-state index in [0.717, 1.165) is 19.4 Å². The van der Waals surface area contributed by atoms with Crippen molar-refractivity contribution >= 4 is 37.5 Å². The smallest absolute Gasteiger partial charge is 0.319 e. The first-order valence-corrected chi connectivity index (χ1v) is 19.0. The molecule has 2 aromatic heterocycles. The molecule has 3 saturated heterocycles. The Balaban J connectivity index is 1.20. The van der Waals surface area contributed by atoms with E-state index in [2.05, 4.69) is 20.8 Å². The second-order valence-electron chi connectivity index (χ2n) is 14.4. The van der Waals surface area contributed by atoms with Gasteiger partial charge in [0.1, 0.15) is 34.8 Å². The van der Waals surface area contributed by atoms with Gasteiger partial charge in [0.2, 0.25) is 10.0 Å². The van der Waals surface area contributed by atoms with E-state index in [0.29, 0.717) is 50.0 Å². The van der Waals surface area contributed by atoms with E-state index < -0.39 is 45.7 Å². The summed E-state index contributed by atoms with van der Waals surface area (Å²) in [6.45, 7) is 2.84. The van der Waals surface area contributed by atoms with Crippen molar-refractivity contribution in [1.29, 1.82) is 5.26 Å². The molecule has 52 heavy (non-hydrogen) atoms. The normalized spacial score (nSPS) is 22.1. The first-order valence-electron chi connectivity index (χ1n) is 17.4. The number of fused-ring (bicyclic) bond motifs is 4. The summed E-state index contributed by atoms with van der Waals surface area (Å²) >= 11 is 0. The number of hydrogen-bond donors (Lipinski definition) is 1.